The average molecular weight is 528 g/mol. The monoisotopic (exact) mass is 526 g/mol. The van der Waals surface area contributed by atoms with Crippen LogP contribution in [0.1, 0.15) is 59.8 Å². The second kappa shape index (κ2) is 10.2. The number of aromatic nitrogens is 1. The summed E-state index contributed by atoms with van der Waals surface area (Å²) in [6.45, 7) is 9.54. The molecule has 0 atom stereocenters. The molecule has 0 unspecified atom stereocenters. The molecule has 2 aromatic rings. The molecule has 0 spiro atoms. The van der Waals surface area contributed by atoms with Gasteiger partial charge in [0.15, 0.2) is 6.20 Å². The molecule has 0 radical (unpaired) electrons. The lowest BCUT2D eigenvalue weighted by molar-refractivity contribution is -0.612. The van der Waals surface area contributed by atoms with Crippen molar-refractivity contribution in [2.75, 3.05) is 33.2 Å². The van der Waals surface area contributed by atoms with E-state index in [0.29, 0.717) is 17.2 Å². The van der Waals surface area contributed by atoms with Crippen molar-refractivity contribution in [3.05, 3.63) is 68.6 Å². The highest BCUT2D eigenvalue weighted by Crippen LogP contribution is 2.34. The minimum Gasteiger partial charge on any atom is -0.618 e. The van der Waals surface area contributed by atoms with Crippen molar-refractivity contribution in [2.45, 2.75) is 52.0 Å². The van der Waals surface area contributed by atoms with E-state index in [4.69, 9.17) is 0 Å². The summed E-state index contributed by atoms with van der Waals surface area (Å²) in [5.74, 6) is 0.467. The molecule has 1 amide bonds. The molecule has 2 aliphatic heterocycles. The van der Waals surface area contributed by atoms with Crippen LogP contribution in [0.15, 0.2) is 46.0 Å². The van der Waals surface area contributed by atoms with Crippen molar-refractivity contribution in [3.63, 3.8) is 0 Å². The van der Waals surface area contributed by atoms with E-state index in [0.717, 1.165) is 66.6 Å². The fourth-order valence-electron chi connectivity index (χ4n) is 5.62. The molecule has 7 heteroatoms. The Kier molecular flexibility index (Phi) is 7.43. The van der Waals surface area contributed by atoms with Gasteiger partial charge >= 0.3 is 0 Å². The fraction of sp³-hybridized carbons (Fsp3) is 0.519. The summed E-state index contributed by atoms with van der Waals surface area (Å²) in [5.41, 5.74) is 4.43. The summed E-state index contributed by atoms with van der Waals surface area (Å²) < 4.78 is 1.88. The summed E-state index contributed by atoms with van der Waals surface area (Å²) in [6, 6.07) is 10.2. The van der Waals surface area contributed by atoms with E-state index in [2.05, 4.69) is 57.0 Å². The maximum Gasteiger partial charge on any atom is 0.260 e. The smallest absolute Gasteiger partial charge is 0.260 e. The summed E-state index contributed by atoms with van der Waals surface area (Å²) in [5, 5.41) is 12.0. The number of nitrogens with zero attached hydrogens (tertiary/aromatic N) is 4. The van der Waals surface area contributed by atoms with Crippen LogP contribution in [0.4, 0.5) is 0 Å². The molecule has 1 aromatic heterocycles. The highest BCUT2D eigenvalue weighted by molar-refractivity contribution is 9.10. The zero-order valence-corrected chi connectivity index (χ0v) is 22.3. The Hall–Kier alpha value is -2.25. The number of aryl methyl sites for hydroxylation is 1. The van der Waals surface area contributed by atoms with Gasteiger partial charge in [0, 0.05) is 54.8 Å². The first-order valence-electron chi connectivity index (χ1n) is 12.2. The number of piperidine rings is 2. The van der Waals surface area contributed by atoms with Crippen LogP contribution < -0.4 is 4.73 Å². The van der Waals surface area contributed by atoms with Crippen molar-refractivity contribution in [3.8, 4) is 0 Å². The maximum atomic E-state index is 13.2. The molecule has 2 aliphatic rings. The number of halogens is 1. The molecule has 3 heterocycles. The van der Waals surface area contributed by atoms with E-state index in [1.165, 1.54) is 17.5 Å². The Morgan fingerprint density at radius 2 is 1.71 bits per heavy atom. The van der Waals surface area contributed by atoms with E-state index < -0.39 is 0 Å². The Bertz CT molecular complexity index is 1070. The molecular weight excluding hydrogens is 492 g/mol. The number of rotatable bonds is 4. The van der Waals surface area contributed by atoms with Crippen molar-refractivity contribution < 1.29 is 9.52 Å². The van der Waals surface area contributed by atoms with Gasteiger partial charge in [-0.2, -0.15) is 4.73 Å². The topological polar surface area (TPSA) is 62.8 Å². The third-order valence-corrected chi connectivity index (χ3v) is 8.44. The molecule has 0 saturated carbocycles. The van der Waals surface area contributed by atoms with Crippen LogP contribution in [0.2, 0.25) is 0 Å². The highest BCUT2D eigenvalue weighted by Gasteiger charge is 2.39. The molecule has 182 valence electrons. The summed E-state index contributed by atoms with van der Waals surface area (Å²) >= 11 is 3.52. The van der Waals surface area contributed by atoms with Crippen LogP contribution in [-0.2, 0) is 0 Å². The third-order valence-electron chi connectivity index (χ3n) is 7.91. The largest absolute Gasteiger partial charge is 0.618 e. The first kappa shape index (κ1) is 24.9. The van der Waals surface area contributed by atoms with Crippen LogP contribution in [0, 0.1) is 25.0 Å². The predicted octanol–water partition coefficient (Wildman–Crippen LogP) is 4.53. The third kappa shape index (κ3) is 4.91. The Labute approximate surface area is 211 Å². The number of aliphatic imine (C=N–C) groups is 1. The quantitative estimate of drug-likeness (QED) is 0.334. The van der Waals surface area contributed by atoms with E-state index in [-0.39, 0.29) is 11.4 Å². The molecule has 34 heavy (non-hydrogen) atoms. The van der Waals surface area contributed by atoms with Crippen LogP contribution in [-0.4, -0.2) is 60.2 Å². The van der Waals surface area contributed by atoms with Gasteiger partial charge in [-0.3, -0.25) is 14.7 Å². The minimum atomic E-state index is -0.0146. The number of amides is 1. The molecule has 0 bridgehead atoms. The number of hydrogen-bond acceptors (Lipinski definition) is 4. The van der Waals surface area contributed by atoms with Gasteiger partial charge in [-0.1, -0.05) is 28.1 Å². The van der Waals surface area contributed by atoms with Crippen LogP contribution in [0.3, 0.4) is 0 Å². The zero-order valence-electron chi connectivity index (χ0n) is 20.7. The van der Waals surface area contributed by atoms with Gasteiger partial charge < -0.3 is 10.1 Å². The molecule has 0 aliphatic carbocycles. The standard InChI is InChI=1S/C27H35BrN4O2/c1-19-9-16-32(34)20(2)24(19)26(33)30-17-12-27(3,13-18-30)31-14-10-22(11-15-31)25(29-4)21-5-7-23(28)8-6-21/h5-9,16,22H,10-15,17-18H2,1-4H3/b29-25+. The fourth-order valence-corrected chi connectivity index (χ4v) is 5.88. The SMILES string of the molecule is C/N=C(\c1ccc(Br)cc1)C1CCN(C2(C)CCN(C(=O)c3c(C)cc[n+]([O-])c3C)CC2)CC1. The number of pyridine rings is 1. The van der Waals surface area contributed by atoms with Gasteiger partial charge in [0.2, 0.25) is 5.69 Å². The van der Waals surface area contributed by atoms with Crippen molar-refractivity contribution in [1.82, 2.24) is 9.80 Å². The average Bonchev–Trinajstić information content (AvgIpc) is 2.84. The second-order valence-electron chi connectivity index (χ2n) is 9.95. The van der Waals surface area contributed by atoms with Gasteiger partial charge in [-0.05, 0) is 75.9 Å². The van der Waals surface area contributed by atoms with E-state index >= 15 is 0 Å². The predicted molar refractivity (Wildman–Crippen MR) is 139 cm³/mol. The lowest BCUT2D eigenvalue weighted by Gasteiger charge is -2.49. The second-order valence-corrected chi connectivity index (χ2v) is 10.9. The Balaban J connectivity index is 1.37. The van der Waals surface area contributed by atoms with E-state index in [9.17, 15) is 10.0 Å². The Morgan fingerprint density at radius 3 is 2.29 bits per heavy atom. The van der Waals surface area contributed by atoms with Gasteiger partial charge in [0.05, 0.1) is 0 Å². The molecule has 4 rings (SSSR count). The van der Waals surface area contributed by atoms with Crippen LogP contribution >= 0.6 is 15.9 Å². The van der Waals surface area contributed by atoms with Gasteiger partial charge in [0.1, 0.15) is 5.56 Å². The van der Waals surface area contributed by atoms with Crippen molar-refractivity contribution >= 4 is 27.5 Å². The Morgan fingerprint density at radius 1 is 1.09 bits per heavy atom. The number of carbonyl (C=O) groups is 1. The molecule has 0 N–H and O–H groups in total. The minimum absolute atomic E-state index is 0.0146. The summed E-state index contributed by atoms with van der Waals surface area (Å²) in [6.07, 6.45) is 5.59. The maximum absolute atomic E-state index is 13.2. The number of benzene rings is 1. The normalized spacial score (nSPS) is 19.9. The van der Waals surface area contributed by atoms with Crippen molar-refractivity contribution in [1.29, 1.82) is 0 Å². The lowest BCUT2D eigenvalue weighted by atomic mass is 9.82. The van der Waals surface area contributed by atoms with Crippen LogP contribution in [0.5, 0.6) is 0 Å². The van der Waals surface area contributed by atoms with Gasteiger partial charge in [-0.25, -0.2) is 0 Å². The molecular formula is C27H35BrN4O2. The first-order valence-corrected chi connectivity index (χ1v) is 13.0. The van der Waals surface area contributed by atoms with Crippen molar-refractivity contribution in [2.24, 2.45) is 10.9 Å². The van der Waals surface area contributed by atoms with E-state index in [1.54, 1.807) is 13.0 Å². The molecule has 1 aromatic carbocycles. The molecule has 2 fully saturated rings. The number of carbonyl (C=O) groups excluding carboxylic acids is 1. The first-order chi connectivity index (χ1) is 16.2. The zero-order chi connectivity index (χ0) is 24.5. The van der Waals surface area contributed by atoms with Gasteiger partial charge in [0.25, 0.3) is 5.91 Å². The van der Waals surface area contributed by atoms with Crippen LogP contribution in [0.25, 0.3) is 0 Å². The number of hydrogen-bond donors (Lipinski definition) is 0. The number of likely N-dealkylation sites (tertiary alicyclic amines) is 2. The lowest BCUT2D eigenvalue weighted by Crippen LogP contribution is -2.57. The highest BCUT2D eigenvalue weighted by atomic mass is 79.9. The summed E-state index contributed by atoms with van der Waals surface area (Å²) in [4.78, 5) is 22.5. The van der Waals surface area contributed by atoms with E-state index in [1.807, 2.05) is 18.9 Å². The molecule has 6 nitrogen and oxygen atoms in total. The molecule has 2 saturated heterocycles. The van der Waals surface area contributed by atoms with Gasteiger partial charge in [-0.15, -0.1) is 0 Å². The summed E-state index contributed by atoms with van der Waals surface area (Å²) in [7, 11) is 1.91.